The molecule has 0 saturated carbocycles. The van der Waals surface area contributed by atoms with Crippen molar-refractivity contribution < 1.29 is 4.74 Å². The smallest absolute Gasteiger partial charge is 0.180 e. The summed E-state index contributed by atoms with van der Waals surface area (Å²) in [5.74, 6) is 0. The van der Waals surface area contributed by atoms with Crippen molar-refractivity contribution in [1.29, 1.82) is 5.26 Å². The molecule has 3 nitrogen and oxygen atoms in total. The zero-order valence-corrected chi connectivity index (χ0v) is 5.84. The van der Waals surface area contributed by atoms with Crippen LogP contribution in [0.3, 0.4) is 0 Å². The van der Waals surface area contributed by atoms with Crippen LogP contribution in [-0.4, -0.2) is 30.2 Å². The monoisotopic (exact) mass is 138 g/mol. The summed E-state index contributed by atoms with van der Waals surface area (Å²) in [6.07, 6.45) is 4.50. The van der Waals surface area contributed by atoms with E-state index >= 15 is 0 Å². The zero-order chi connectivity index (χ0) is 7.03. The van der Waals surface area contributed by atoms with Crippen LogP contribution in [0.2, 0.25) is 0 Å². The number of nitrogens with zero attached hydrogens (tertiary/aromatic N) is 2. The molecule has 54 valence electrons. The molecule has 0 aromatic carbocycles. The first-order valence-electron chi connectivity index (χ1n) is 3.63. The zero-order valence-electron chi connectivity index (χ0n) is 5.84. The molecule has 10 heavy (non-hydrogen) atoms. The van der Waals surface area contributed by atoms with Crippen LogP contribution in [0.25, 0.3) is 0 Å². The van der Waals surface area contributed by atoms with Crippen LogP contribution < -0.4 is 0 Å². The summed E-state index contributed by atoms with van der Waals surface area (Å²) in [5.41, 5.74) is 0.134. The Morgan fingerprint density at radius 1 is 1.50 bits per heavy atom. The second-order valence-electron chi connectivity index (χ2n) is 3.07. The largest absolute Gasteiger partial charge is 0.376 e. The van der Waals surface area contributed by atoms with E-state index < -0.39 is 0 Å². The average molecular weight is 138 g/mol. The molecule has 0 aromatic rings. The molecule has 0 aromatic heterocycles. The van der Waals surface area contributed by atoms with Crippen molar-refractivity contribution in [2.45, 2.75) is 18.4 Å². The van der Waals surface area contributed by atoms with Crippen LogP contribution in [0.15, 0.2) is 0 Å². The third-order valence-corrected chi connectivity index (χ3v) is 2.46. The maximum absolute atomic E-state index is 8.69. The lowest BCUT2D eigenvalue weighted by Crippen LogP contribution is -2.56. The van der Waals surface area contributed by atoms with Gasteiger partial charge in [-0.05, 0) is 12.8 Å². The predicted molar refractivity (Wildman–Crippen MR) is 35.1 cm³/mol. The predicted octanol–water partition coefficient (Wildman–Crippen LogP) is 0.332. The van der Waals surface area contributed by atoms with Gasteiger partial charge in [-0.2, -0.15) is 5.26 Å². The number of rotatable bonds is 0. The summed E-state index contributed by atoms with van der Waals surface area (Å²) in [5, 5.41) is 8.69. The van der Waals surface area contributed by atoms with E-state index in [1.54, 1.807) is 0 Å². The molecule has 2 heterocycles. The molecule has 2 aliphatic heterocycles. The molecule has 0 bridgehead atoms. The fraction of sp³-hybridized carbons (Fsp3) is 0.857. The quantitative estimate of drug-likeness (QED) is 0.453. The summed E-state index contributed by atoms with van der Waals surface area (Å²) >= 11 is 0. The van der Waals surface area contributed by atoms with Gasteiger partial charge in [-0.3, -0.25) is 4.90 Å². The van der Waals surface area contributed by atoms with E-state index in [0.29, 0.717) is 0 Å². The molecule has 0 unspecified atom stereocenters. The highest BCUT2D eigenvalue weighted by molar-refractivity contribution is 5.05. The van der Waals surface area contributed by atoms with E-state index in [1.807, 2.05) is 4.90 Å². The minimum Gasteiger partial charge on any atom is -0.376 e. The van der Waals surface area contributed by atoms with E-state index in [4.69, 9.17) is 10.00 Å². The molecule has 0 aliphatic carbocycles. The molecular formula is C7H10N2O. The first-order chi connectivity index (χ1) is 4.87. The lowest BCUT2D eigenvalue weighted by molar-refractivity contribution is -0.105. The second-order valence-corrected chi connectivity index (χ2v) is 3.07. The highest BCUT2D eigenvalue weighted by Crippen LogP contribution is 2.34. The van der Waals surface area contributed by atoms with Gasteiger partial charge in [0.15, 0.2) is 6.19 Å². The number of nitriles is 1. The lowest BCUT2D eigenvalue weighted by Gasteiger charge is -2.42. The summed E-state index contributed by atoms with van der Waals surface area (Å²) in [6, 6.07) is 0. The summed E-state index contributed by atoms with van der Waals surface area (Å²) in [6.45, 7) is 2.46. The Hall–Kier alpha value is -0.750. The van der Waals surface area contributed by atoms with Crippen molar-refractivity contribution in [3.05, 3.63) is 0 Å². The van der Waals surface area contributed by atoms with E-state index in [9.17, 15) is 0 Å². The Morgan fingerprint density at radius 3 is 2.70 bits per heavy atom. The van der Waals surface area contributed by atoms with Crippen LogP contribution in [0.4, 0.5) is 0 Å². The maximum atomic E-state index is 8.69. The lowest BCUT2D eigenvalue weighted by atomic mass is 9.95. The minimum absolute atomic E-state index is 0.134. The number of hydrogen-bond acceptors (Lipinski definition) is 3. The SMILES string of the molecule is N#CN1CCCC12COC2. The number of likely N-dealkylation sites (tertiary alicyclic amines) is 1. The topological polar surface area (TPSA) is 36.3 Å². The van der Waals surface area contributed by atoms with Gasteiger partial charge in [-0.25, -0.2) is 0 Å². The van der Waals surface area contributed by atoms with Crippen LogP contribution >= 0.6 is 0 Å². The Morgan fingerprint density at radius 2 is 2.30 bits per heavy atom. The maximum Gasteiger partial charge on any atom is 0.180 e. The summed E-state index contributed by atoms with van der Waals surface area (Å²) in [7, 11) is 0. The van der Waals surface area contributed by atoms with E-state index in [-0.39, 0.29) is 5.54 Å². The molecule has 2 rings (SSSR count). The summed E-state index contributed by atoms with van der Waals surface area (Å²) < 4.78 is 5.10. The molecule has 3 heteroatoms. The third kappa shape index (κ3) is 0.572. The molecule has 2 fully saturated rings. The molecule has 0 amide bonds. The van der Waals surface area contributed by atoms with Gasteiger partial charge in [-0.15, -0.1) is 0 Å². The highest BCUT2D eigenvalue weighted by Gasteiger charge is 2.47. The molecule has 0 atom stereocenters. The van der Waals surface area contributed by atoms with Gasteiger partial charge in [0.05, 0.1) is 18.8 Å². The highest BCUT2D eigenvalue weighted by atomic mass is 16.5. The fourth-order valence-corrected chi connectivity index (χ4v) is 1.73. The Bertz CT molecular complexity index is 181. The van der Waals surface area contributed by atoms with Gasteiger partial charge in [0.2, 0.25) is 0 Å². The van der Waals surface area contributed by atoms with Crippen molar-refractivity contribution in [1.82, 2.24) is 4.90 Å². The number of ether oxygens (including phenoxy) is 1. The third-order valence-electron chi connectivity index (χ3n) is 2.46. The van der Waals surface area contributed by atoms with Crippen molar-refractivity contribution >= 4 is 0 Å². The molecule has 2 saturated heterocycles. The standard InChI is InChI=1S/C7H10N2O/c8-6-9-3-1-2-7(9)4-10-5-7/h1-5H2. The Kier molecular flexibility index (Phi) is 1.12. The van der Waals surface area contributed by atoms with Crippen LogP contribution in [0.1, 0.15) is 12.8 Å². The first kappa shape index (κ1) is 5.99. The normalized spacial score (nSPS) is 28.1. The van der Waals surface area contributed by atoms with Gasteiger partial charge in [-0.1, -0.05) is 0 Å². The fourth-order valence-electron chi connectivity index (χ4n) is 1.73. The Balaban J connectivity index is 2.14. The van der Waals surface area contributed by atoms with Crippen molar-refractivity contribution in [3.8, 4) is 6.19 Å². The summed E-state index contributed by atoms with van der Waals surface area (Å²) in [4.78, 5) is 1.87. The van der Waals surface area contributed by atoms with E-state index in [2.05, 4.69) is 6.19 Å². The van der Waals surface area contributed by atoms with Gasteiger partial charge in [0.25, 0.3) is 0 Å². The number of hydrogen-bond donors (Lipinski definition) is 0. The second kappa shape index (κ2) is 1.86. The van der Waals surface area contributed by atoms with E-state index in [1.165, 1.54) is 0 Å². The van der Waals surface area contributed by atoms with Crippen molar-refractivity contribution in [3.63, 3.8) is 0 Å². The Labute approximate surface area is 60.2 Å². The van der Waals surface area contributed by atoms with Crippen molar-refractivity contribution in [2.24, 2.45) is 0 Å². The van der Waals surface area contributed by atoms with Gasteiger partial charge >= 0.3 is 0 Å². The molecule has 2 aliphatic rings. The van der Waals surface area contributed by atoms with Crippen LogP contribution in [-0.2, 0) is 4.74 Å². The van der Waals surface area contributed by atoms with Gasteiger partial charge < -0.3 is 4.74 Å². The minimum atomic E-state index is 0.134. The van der Waals surface area contributed by atoms with Gasteiger partial charge in [0, 0.05) is 6.54 Å². The molecule has 0 radical (unpaired) electrons. The first-order valence-corrected chi connectivity index (χ1v) is 3.63. The molecular weight excluding hydrogens is 128 g/mol. The van der Waals surface area contributed by atoms with Crippen molar-refractivity contribution in [2.75, 3.05) is 19.8 Å². The average Bonchev–Trinajstić information content (AvgIpc) is 2.27. The van der Waals surface area contributed by atoms with Gasteiger partial charge in [0.1, 0.15) is 0 Å². The molecule has 1 spiro atoms. The van der Waals surface area contributed by atoms with Crippen LogP contribution in [0, 0.1) is 11.5 Å². The van der Waals surface area contributed by atoms with E-state index in [0.717, 1.165) is 32.6 Å². The van der Waals surface area contributed by atoms with Crippen LogP contribution in [0.5, 0.6) is 0 Å². The molecule has 0 N–H and O–H groups in total.